The van der Waals surface area contributed by atoms with Crippen molar-refractivity contribution in [1.82, 2.24) is 15.3 Å². The summed E-state index contributed by atoms with van der Waals surface area (Å²) in [6, 6.07) is 5.91. The summed E-state index contributed by atoms with van der Waals surface area (Å²) in [6.07, 6.45) is 2.59. The standard InChI is InChI=1S/C27H33ClN6O2/c1-14-9-15(2)13-34(12-14)27-29-11-21(28)25(32-27)31-19-7-8-22-20(10-19)24-23(17(4)33(22)6)26(35)36-18(5)16(3)30-24/h7-8,10-11,14-16,18,30H,4,9,12-13H2,1-3,5-6H3,(H,29,31,32). The fourth-order valence-electron chi connectivity index (χ4n) is 5.30. The molecule has 1 aromatic carbocycles. The number of hydrogen-bond donors (Lipinski definition) is 2. The molecule has 1 aromatic heterocycles. The van der Waals surface area contributed by atoms with E-state index in [0.717, 1.165) is 35.7 Å². The van der Waals surface area contributed by atoms with Crippen molar-refractivity contribution in [3.05, 3.63) is 52.8 Å². The number of halogens is 1. The Morgan fingerprint density at radius 2 is 1.92 bits per heavy atom. The van der Waals surface area contributed by atoms with Gasteiger partial charge in [0.2, 0.25) is 5.95 Å². The minimum Gasteiger partial charge on any atom is -0.457 e. The summed E-state index contributed by atoms with van der Waals surface area (Å²) in [5, 5.41) is 7.31. The Labute approximate surface area is 217 Å². The largest absolute Gasteiger partial charge is 0.457 e. The molecule has 1 saturated heterocycles. The van der Waals surface area contributed by atoms with Crippen molar-refractivity contribution in [1.29, 1.82) is 0 Å². The average molecular weight is 509 g/mol. The molecule has 190 valence electrons. The maximum absolute atomic E-state index is 13.0. The molecule has 4 unspecified atom stereocenters. The lowest BCUT2D eigenvalue weighted by molar-refractivity contribution is -0.143. The van der Waals surface area contributed by atoms with Crippen molar-refractivity contribution >= 4 is 46.4 Å². The van der Waals surface area contributed by atoms with E-state index >= 15 is 0 Å². The Balaban J connectivity index is 1.50. The highest BCUT2D eigenvalue weighted by Crippen LogP contribution is 2.41. The molecule has 3 aliphatic heterocycles. The normalized spacial score (nSPS) is 26.1. The van der Waals surface area contributed by atoms with Crippen LogP contribution in [0.3, 0.4) is 0 Å². The SMILES string of the molecule is C=C1C2=C(NC(C)C(C)OC2=O)c2cc(Nc3nc(N4CC(C)CC(C)C4)ncc3Cl)ccc2N1C. The third-order valence-electron chi connectivity index (χ3n) is 7.29. The Morgan fingerprint density at radius 1 is 1.19 bits per heavy atom. The van der Waals surface area contributed by atoms with Gasteiger partial charge in [0.15, 0.2) is 5.82 Å². The van der Waals surface area contributed by atoms with Crippen LogP contribution in [0.5, 0.6) is 0 Å². The number of rotatable bonds is 3. The van der Waals surface area contributed by atoms with E-state index in [1.54, 1.807) is 6.20 Å². The number of hydrogen-bond acceptors (Lipinski definition) is 8. The number of piperidine rings is 1. The van der Waals surface area contributed by atoms with Crippen LogP contribution in [-0.4, -0.2) is 48.2 Å². The van der Waals surface area contributed by atoms with E-state index in [4.69, 9.17) is 21.3 Å². The number of esters is 1. The van der Waals surface area contributed by atoms with Gasteiger partial charge in [-0.15, -0.1) is 0 Å². The number of carbonyl (C=O) groups excluding carboxylic acids is 1. The smallest absolute Gasteiger partial charge is 0.342 e. The third-order valence-corrected chi connectivity index (χ3v) is 7.57. The lowest BCUT2D eigenvalue weighted by Gasteiger charge is -2.35. The predicted octanol–water partition coefficient (Wildman–Crippen LogP) is 4.95. The van der Waals surface area contributed by atoms with Gasteiger partial charge in [-0.1, -0.05) is 32.0 Å². The second-order valence-corrected chi connectivity index (χ2v) is 10.8. The first-order valence-corrected chi connectivity index (χ1v) is 12.8. The lowest BCUT2D eigenvalue weighted by atomic mass is 9.92. The summed E-state index contributed by atoms with van der Waals surface area (Å²) in [4.78, 5) is 26.4. The Morgan fingerprint density at radius 3 is 2.64 bits per heavy atom. The Bertz CT molecular complexity index is 1250. The van der Waals surface area contributed by atoms with Crippen LogP contribution in [0.1, 0.15) is 39.7 Å². The van der Waals surface area contributed by atoms with Gasteiger partial charge in [-0.3, -0.25) is 0 Å². The van der Waals surface area contributed by atoms with E-state index in [1.165, 1.54) is 6.42 Å². The number of aromatic nitrogens is 2. The predicted molar refractivity (Wildman–Crippen MR) is 145 cm³/mol. The molecule has 0 saturated carbocycles. The maximum atomic E-state index is 13.0. The highest BCUT2D eigenvalue weighted by Gasteiger charge is 2.36. The number of nitrogens with zero attached hydrogens (tertiary/aromatic N) is 4. The molecule has 0 radical (unpaired) electrons. The average Bonchev–Trinajstić information content (AvgIpc) is 2.93. The fourth-order valence-corrected chi connectivity index (χ4v) is 5.44. The van der Waals surface area contributed by atoms with E-state index in [1.807, 2.05) is 44.0 Å². The quantitative estimate of drug-likeness (QED) is 0.563. The molecule has 3 aliphatic rings. The first kappa shape index (κ1) is 24.4. The monoisotopic (exact) mass is 508 g/mol. The van der Waals surface area contributed by atoms with Crippen LogP contribution in [0.2, 0.25) is 5.02 Å². The van der Waals surface area contributed by atoms with Crippen molar-refractivity contribution in [3.8, 4) is 0 Å². The number of carbonyl (C=O) groups is 1. The zero-order valence-electron chi connectivity index (χ0n) is 21.4. The van der Waals surface area contributed by atoms with E-state index in [0.29, 0.717) is 39.9 Å². The van der Waals surface area contributed by atoms with Gasteiger partial charge in [0.25, 0.3) is 0 Å². The lowest BCUT2D eigenvalue weighted by Crippen LogP contribution is -2.39. The molecule has 36 heavy (non-hydrogen) atoms. The number of anilines is 4. The molecular formula is C27H33ClN6O2. The van der Waals surface area contributed by atoms with Crippen LogP contribution >= 0.6 is 11.6 Å². The fraction of sp³-hybridized carbons (Fsp3) is 0.444. The molecule has 8 nitrogen and oxygen atoms in total. The van der Waals surface area contributed by atoms with Gasteiger partial charge in [0.1, 0.15) is 16.7 Å². The van der Waals surface area contributed by atoms with Crippen molar-refractivity contribution in [2.75, 3.05) is 35.3 Å². The van der Waals surface area contributed by atoms with E-state index < -0.39 is 0 Å². The third kappa shape index (κ3) is 4.39. The van der Waals surface area contributed by atoms with E-state index in [2.05, 4.69) is 40.9 Å². The number of benzene rings is 1. The number of nitrogens with one attached hydrogen (secondary N) is 2. The number of fused-ring (bicyclic) bond motifs is 2. The molecule has 0 spiro atoms. The molecule has 0 bridgehead atoms. The Kier molecular flexibility index (Phi) is 6.32. The van der Waals surface area contributed by atoms with Gasteiger partial charge in [0, 0.05) is 31.4 Å². The van der Waals surface area contributed by atoms with Crippen LogP contribution in [-0.2, 0) is 9.53 Å². The summed E-state index contributed by atoms with van der Waals surface area (Å²) >= 11 is 6.51. The highest BCUT2D eigenvalue weighted by molar-refractivity contribution is 6.32. The molecule has 4 atom stereocenters. The topological polar surface area (TPSA) is 82.6 Å². The second-order valence-electron chi connectivity index (χ2n) is 10.4. The minimum absolute atomic E-state index is 0.0599. The van der Waals surface area contributed by atoms with Crippen LogP contribution in [0.4, 0.5) is 23.1 Å². The van der Waals surface area contributed by atoms with Crippen molar-refractivity contribution in [2.24, 2.45) is 11.8 Å². The highest BCUT2D eigenvalue weighted by atomic mass is 35.5. The van der Waals surface area contributed by atoms with Gasteiger partial charge in [-0.2, -0.15) is 4.98 Å². The van der Waals surface area contributed by atoms with Gasteiger partial charge in [-0.25, -0.2) is 9.78 Å². The van der Waals surface area contributed by atoms with Crippen molar-refractivity contribution < 1.29 is 9.53 Å². The van der Waals surface area contributed by atoms with Crippen molar-refractivity contribution in [2.45, 2.75) is 46.3 Å². The van der Waals surface area contributed by atoms with Crippen molar-refractivity contribution in [3.63, 3.8) is 0 Å². The van der Waals surface area contributed by atoms with Crippen LogP contribution < -0.4 is 20.4 Å². The summed E-state index contributed by atoms with van der Waals surface area (Å²) in [6.45, 7) is 14.4. The summed E-state index contributed by atoms with van der Waals surface area (Å²) in [5.41, 5.74) is 4.40. The first-order valence-electron chi connectivity index (χ1n) is 12.5. The summed E-state index contributed by atoms with van der Waals surface area (Å²) in [5.74, 6) is 2.02. The zero-order chi connectivity index (χ0) is 25.7. The van der Waals surface area contributed by atoms with Gasteiger partial charge in [-0.05, 0) is 50.3 Å². The zero-order valence-corrected chi connectivity index (χ0v) is 22.2. The van der Waals surface area contributed by atoms with E-state index in [9.17, 15) is 4.79 Å². The Hall–Kier alpha value is -3.26. The minimum atomic E-state index is -0.372. The van der Waals surface area contributed by atoms with Crippen LogP contribution in [0, 0.1) is 11.8 Å². The summed E-state index contributed by atoms with van der Waals surface area (Å²) in [7, 11) is 1.90. The molecule has 5 rings (SSSR count). The number of ether oxygens (including phenoxy) is 1. The maximum Gasteiger partial charge on any atom is 0.342 e. The molecule has 2 N–H and O–H groups in total. The molecule has 2 aromatic rings. The molecule has 0 amide bonds. The van der Waals surface area contributed by atoms with E-state index in [-0.39, 0.29) is 18.1 Å². The van der Waals surface area contributed by atoms with Gasteiger partial charge in [0.05, 0.1) is 29.3 Å². The molecule has 0 aliphatic carbocycles. The van der Waals surface area contributed by atoms with Crippen LogP contribution in [0.25, 0.3) is 5.70 Å². The molecular weight excluding hydrogens is 476 g/mol. The van der Waals surface area contributed by atoms with Gasteiger partial charge < -0.3 is 25.2 Å². The van der Waals surface area contributed by atoms with Gasteiger partial charge >= 0.3 is 5.97 Å². The molecule has 4 heterocycles. The number of likely N-dealkylation sites (N-methyl/N-ethyl adjacent to an activating group) is 1. The molecule has 1 fully saturated rings. The second kappa shape index (κ2) is 9.32. The van der Waals surface area contributed by atoms with Crippen LogP contribution in [0.15, 0.2) is 42.2 Å². The summed E-state index contributed by atoms with van der Waals surface area (Å²) < 4.78 is 5.65. The first-order chi connectivity index (χ1) is 17.1. The number of cyclic esters (lactones) is 1. The molecule has 9 heteroatoms.